The standard InChI is InChI=1S/C11H14ClN3O2S2/c12-9-6-19(16,17)7-10(9)13-11(18)15-14-8-4-2-1-3-5-8/h1-5,9-10,14H,6-7H2,(H2,13,15,18). The monoisotopic (exact) mass is 319 g/mol. The predicted octanol–water partition coefficient (Wildman–Crippen LogP) is 0.882. The van der Waals surface area contributed by atoms with Gasteiger partial charge >= 0.3 is 0 Å². The van der Waals surface area contributed by atoms with Crippen molar-refractivity contribution in [3.63, 3.8) is 0 Å². The van der Waals surface area contributed by atoms with Gasteiger partial charge in [-0.15, -0.1) is 11.6 Å². The van der Waals surface area contributed by atoms with Crippen LogP contribution in [0.1, 0.15) is 0 Å². The number of benzene rings is 1. The van der Waals surface area contributed by atoms with Crippen molar-refractivity contribution in [3.8, 4) is 0 Å². The Morgan fingerprint density at radius 2 is 1.95 bits per heavy atom. The van der Waals surface area contributed by atoms with E-state index in [-0.39, 0.29) is 17.5 Å². The second-order valence-corrected chi connectivity index (χ2v) is 7.41. The summed E-state index contributed by atoms with van der Waals surface area (Å²) in [7, 11) is -3.06. The van der Waals surface area contributed by atoms with Crippen LogP contribution >= 0.6 is 23.8 Å². The highest BCUT2D eigenvalue weighted by atomic mass is 35.5. The number of anilines is 1. The molecule has 0 bridgehead atoms. The van der Waals surface area contributed by atoms with Gasteiger partial charge in [-0.1, -0.05) is 18.2 Å². The van der Waals surface area contributed by atoms with Gasteiger partial charge in [-0.25, -0.2) is 8.42 Å². The second kappa shape index (κ2) is 5.94. The van der Waals surface area contributed by atoms with Crippen molar-refractivity contribution in [1.29, 1.82) is 0 Å². The molecule has 2 atom stereocenters. The molecular formula is C11H14ClN3O2S2. The first-order valence-corrected chi connectivity index (χ1v) is 8.35. The minimum absolute atomic E-state index is 0.00826. The van der Waals surface area contributed by atoms with Crippen molar-refractivity contribution in [1.82, 2.24) is 10.7 Å². The largest absolute Gasteiger partial charge is 0.356 e. The van der Waals surface area contributed by atoms with Crippen LogP contribution in [-0.2, 0) is 9.84 Å². The number of sulfone groups is 1. The Balaban J connectivity index is 1.82. The normalized spacial score (nSPS) is 24.7. The average Bonchev–Trinajstić information content (AvgIpc) is 2.61. The third-order valence-electron chi connectivity index (χ3n) is 2.69. The molecule has 1 saturated heterocycles. The third-order valence-corrected chi connectivity index (χ3v) is 5.29. The van der Waals surface area contributed by atoms with Gasteiger partial charge in [-0.2, -0.15) is 0 Å². The number of para-hydroxylation sites is 1. The van der Waals surface area contributed by atoms with Crippen molar-refractivity contribution in [2.45, 2.75) is 11.4 Å². The summed E-state index contributed by atoms with van der Waals surface area (Å²) >= 11 is 11.1. The summed E-state index contributed by atoms with van der Waals surface area (Å²) in [6.45, 7) is 0. The smallest absolute Gasteiger partial charge is 0.185 e. The Labute approximate surface area is 122 Å². The zero-order valence-corrected chi connectivity index (χ0v) is 12.4. The van der Waals surface area contributed by atoms with Gasteiger partial charge in [0.1, 0.15) is 0 Å². The van der Waals surface area contributed by atoms with Crippen LogP contribution in [0.2, 0.25) is 0 Å². The van der Waals surface area contributed by atoms with E-state index in [2.05, 4.69) is 16.2 Å². The molecule has 19 heavy (non-hydrogen) atoms. The Morgan fingerprint density at radius 3 is 2.53 bits per heavy atom. The Morgan fingerprint density at radius 1 is 1.26 bits per heavy atom. The number of hydrazine groups is 1. The number of halogens is 1. The van der Waals surface area contributed by atoms with Crippen LogP contribution in [0.3, 0.4) is 0 Å². The summed E-state index contributed by atoms with van der Waals surface area (Å²) in [6.07, 6.45) is 0. The molecule has 5 nitrogen and oxygen atoms in total. The van der Waals surface area contributed by atoms with E-state index in [0.29, 0.717) is 5.11 Å². The van der Waals surface area contributed by atoms with Gasteiger partial charge in [-0.3, -0.25) is 10.9 Å². The summed E-state index contributed by atoms with van der Waals surface area (Å²) in [5, 5.41) is 2.76. The van der Waals surface area contributed by atoms with E-state index in [4.69, 9.17) is 23.8 Å². The number of thiocarbonyl (C=S) groups is 1. The summed E-state index contributed by atoms with van der Waals surface area (Å²) in [6, 6.07) is 9.07. The van der Waals surface area contributed by atoms with Gasteiger partial charge in [0, 0.05) is 0 Å². The Hall–Kier alpha value is -1.05. The molecule has 1 aliphatic heterocycles. The number of nitrogens with one attached hydrogen (secondary N) is 3. The molecule has 1 aliphatic rings. The highest BCUT2D eigenvalue weighted by Crippen LogP contribution is 2.17. The Bertz CT molecular complexity index is 550. The van der Waals surface area contributed by atoms with E-state index in [0.717, 1.165) is 5.69 Å². The molecule has 2 rings (SSSR count). The molecule has 1 aromatic carbocycles. The minimum atomic E-state index is -3.06. The second-order valence-electron chi connectivity index (χ2n) is 4.29. The van der Waals surface area contributed by atoms with Crippen molar-refractivity contribution >= 4 is 44.5 Å². The number of alkyl halides is 1. The number of hydrogen-bond acceptors (Lipinski definition) is 4. The van der Waals surface area contributed by atoms with E-state index in [1.807, 2.05) is 30.3 Å². The SMILES string of the molecule is O=S1(=O)CC(Cl)C(NC(=S)NNc2ccccc2)C1. The zero-order chi connectivity index (χ0) is 13.9. The van der Waals surface area contributed by atoms with Crippen LogP contribution in [0.25, 0.3) is 0 Å². The molecule has 0 saturated carbocycles. The number of hydrogen-bond donors (Lipinski definition) is 3. The lowest BCUT2D eigenvalue weighted by molar-refractivity contribution is 0.600. The zero-order valence-electron chi connectivity index (χ0n) is 9.97. The van der Waals surface area contributed by atoms with Crippen LogP contribution in [-0.4, -0.2) is 36.5 Å². The van der Waals surface area contributed by atoms with Crippen LogP contribution in [0, 0.1) is 0 Å². The molecule has 1 fully saturated rings. The molecular weight excluding hydrogens is 306 g/mol. The maximum atomic E-state index is 11.4. The van der Waals surface area contributed by atoms with Crippen molar-refractivity contribution in [2.75, 3.05) is 16.9 Å². The number of rotatable bonds is 3. The average molecular weight is 320 g/mol. The van der Waals surface area contributed by atoms with Crippen LogP contribution in [0.15, 0.2) is 30.3 Å². The van der Waals surface area contributed by atoms with Gasteiger partial charge in [0.2, 0.25) is 0 Å². The predicted molar refractivity (Wildman–Crippen MR) is 81.0 cm³/mol. The van der Waals surface area contributed by atoms with E-state index < -0.39 is 15.2 Å². The quantitative estimate of drug-likeness (QED) is 0.436. The highest BCUT2D eigenvalue weighted by Gasteiger charge is 2.36. The lowest BCUT2D eigenvalue weighted by Crippen LogP contribution is -2.47. The third kappa shape index (κ3) is 4.22. The Kier molecular flexibility index (Phi) is 4.49. The van der Waals surface area contributed by atoms with E-state index in [1.165, 1.54) is 0 Å². The maximum absolute atomic E-state index is 11.4. The fourth-order valence-electron chi connectivity index (χ4n) is 1.79. The van der Waals surface area contributed by atoms with Gasteiger partial charge in [-0.05, 0) is 24.4 Å². The van der Waals surface area contributed by atoms with Crippen molar-refractivity contribution < 1.29 is 8.42 Å². The lowest BCUT2D eigenvalue weighted by Gasteiger charge is -2.18. The van der Waals surface area contributed by atoms with Crippen LogP contribution in [0.5, 0.6) is 0 Å². The van der Waals surface area contributed by atoms with Crippen molar-refractivity contribution in [3.05, 3.63) is 30.3 Å². The molecule has 3 N–H and O–H groups in total. The molecule has 2 unspecified atom stereocenters. The highest BCUT2D eigenvalue weighted by molar-refractivity contribution is 7.91. The lowest BCUT2D eigenvalue weighted by atomic mass is 10.3. The first kappa shape index (κ1) is 14.4. The van der Waals surface area contributed by atoms with E-state index in [9.17, 15) is 8.42 Å². The first-order chi connectivity index (χ1) is 8.96. The van der Waals surface area contributed by atoms with Gasteiger partial charge < -0.3 is 5.32 Å². The van der Waals surface area contributed by atoms with E-state index in [1.54, 1.807) is 0 Å². The van der Waals surface area contributed by atoms with Crippen LogP contribution in [0.4, 0.5) is 5.69 Å². The molecule has 8 heteroatoms. The molecule has 0 spiro atoms. The molecule has 1 heterocycles. The minimum Gasteiger partial charge on any atom is -0.356 e. The van der Waals surface area contributed by atoms with Crippen molar-refractivity contribution in [2.24, 2.45) is 0 Å². The van der Waals surface area contributed by atoms with Crippen LogP contribution < -0.4 is 16.2 Å². The van der Waals surface area contributed by atoms with E-state index >= 15 is 0 Å². The molecule has 0 radical (unpaired) electrons. The van der Waals surface area contributed by atoms with Gasteiger partial charge in [0.15, 0.2) is 14.9 Å². The molecule has 1 aromatic rings. The fourth-order valence-corrected chi connectivity index (χ4v) is 4.54. The molecule has 104 valence electrons. The summed E-state index contributed by atoms with van der Waals surface area (Å²) in [4.78, 5) is 0. The van der Waals surface area contributed by atoms with Gasteiger partial charge in [0.25, 0.3) is 0 Å². The summed E-state index contributed by atoms with van der Waals surface area (Å²) in [5.74, 6) is -0.00469. The molecule has 0 amide bonds. The van der Waals surface area contributed by atoms with Gasteiger partial charge in [0.05, 0.1) is 28.6 Å². The summed E-state index contributed by atoms with van der Waals surface area (Å²) in [5.41, 5.74) is 6.55. The fraction of sp³-hybridized carbons (Fsp3) is 0.364. The maximum Gasteiger partial charge on any atom is 0.185 e. The molecule has 0 aliphatic carbocycles. The topological polar surface area (TPSA) is 70.2 Å². The summed E-state index contributed by atoms with van der Waals surface area (Å²) < 4.78 is 22.8. The molecule has 0 aromatic heterocycles. The first-order valence-electron chi connectivity index (χ1n) is 5.68.